The zero-order valence-electron chi connectivity index (χ0n) is 18.6. The second-order valence-electron chi connectivity index (χ2n) is 8.21. The average molecular weight is 494 g/mol. The number of benzene rings is 2. The van der Waals surface area contributed by atoms with Crippen molar-refractivity contribution in [1.29, 1.82) is 0 Å². The number of esters is 1. The molecule has 6 N–H and O–H groups in total. The Kier molecular flexibility index (Phi) is 6.60. The quantitative estimate of drug-likeness (QED) is 0.199. The van der Waals surface area contributed by atoms with Crippen LogP contribution in [0.4, 0.5) is 0 Å². The van der Waals surface area contributed by atoms with Crippen molar-refractivity contribution in [1.82, 2.24) is 0 Å². The van der Waals surface area contributed by atoms with E-state index in [0.717, 1.165) is 6.08 Å². The van der Waals surface area contributed by atoms with E-state index in [-0.39, 0.29) is 35.2 Å². The van der Waals surface area contributed by atoms with Gasteiger partial charge in [0.25, 0.3) is 0 Å². The lowest BCUT2D eigenvalue weighted by molar-refractivity contribution is -0.160. The number of ether oxygens (including phenoxy) is 2. The molecule has 0 spiro atoms. The normalized spacial score (nSPS) is 19.2. The largest absolute Gasteiger partial charge is 0.508 e. The van der Waals surface area contributed by atoms with E-state index >= 15 is 0 Å². The first-order valence-corrected chi connectivity index (χ1v) is 10.8. The third-order valence-corrected chi connectivity index (χ3v) is 5.61. The Balaban J connectivity index is 1.45. The minimum absolute atomic E-state index is 0.142. The zero-order chi connectivity index (χ0) is 26.0. The number of phenols is 4. The van der Waals surface area contributed by atoms with E-state index in [9.17, 15) is 40.2 Å². The molecule has 1 heterocycles. The predicted molar refractivity (Wildman–Crippen MR) is 126 cm³/mol. The van der Waals surface area contributed by atoms with Crippen molar-refractivity contribution >= 4 is 18.0 Å². The monoisotopic (exact) mass is 494 g/mol. The number of aliphatic hydroxyl groups is 1. The highest BCUT2D eigenvalue weighted by Crippen LogP contribution is 2.39. The molecule has 10 nitrogen and oxygen atoms in total. The molecule has 3 unspecified atom stereocenters. The highest BCUT2D eigenvalue weighted by Gasteiger charge is 2.30. The number of aliphatic carboxylic acids is 1. The molecule has 36 heavy (non-hydrogen) atoms. The third kappa shape index (κ3) is 5.27. The summed E-state index contributed by atoms with van der Waals surface area (Å²) < 4.78 is 10.9. The van der Waals surface area contributed by atoms with Crippen LogP contribution in [0.5, 0.6) is 28.7 Å². The first kappa shape index (κ1) is 24.3. The number of hydrogen-bond donors (Lipinski definition) is 6. The minimum Gasteiger partial charge on any atom is -0.508 e. The molecule has 0 saturated heterocycles. The summed E-state index contributed by atoms with van der Waals surface area (Å²) in [4.78, 5) is 23.8. The number of carbonyl (C=O) groups excluding carboxylic acids is 1. The van der Waals surface area contributed by atoms with Crippen molar-refractivity contribution in [2.45, 2.75) is 18.6 Å². The molecule has 0 aromatic heterocycles. The van der Waals surface area contributed by atoms with Crippen LogP contribution in [-0.2, 0) is 20.7 Å². The van der Waals surface area contributed by atoms with Crippen LogP contribution >= 0.6 is 0 Å². The molecular formula is C26H22O10. The van der Waals surface area contributed by atoms with Crippen molar-refractivity contribution in [3.8, 4) is 28.7 Å². The van der Waals surface area contributed by atoms with Gasteiger partial charge in [0.2, 0.25) is 6.10 Å². The number of aliphatic hydroxyl groups excluding tert-OH is 1. The molecule has 2 aromatic rings. The first-order valence-electron chi connectivity index (χ1n) is 10.8. The number of phenolic OH excluding ortho intramolecular Hbond substituents is 4. The lowest BCUT2D eigenvalue weighted by Gasteiger charge is -2.25. The molecule has 0 fully saturated rings. The summed E-state index contributed by atoms with van der Waals surface area (Å²) in [5, 5.41) is 58.3. The standard InChI is InChI=1S/C26H22O10/c27-17-5-1-14(8-18(17)28)10-23(26(33)34)35-24(32)6-2-13-7-16-4-3-15-11-19(29)20(30)12-22(15)36-25(16)21(31)9-13/h1-9,11-12,16,23,25,27-31H,10H2,(H,33,34)/b6-2+. The predicted octanol–water partition coefficient (Wildman–Crippen LogP) is 3.08. The smallest absolute Gasteiger partial charge is 0.345 e. The van der Waals surface area contributed by atoms with Gasteiger partial charge in [0.05, 0.1) is 0 Å². The fourth-order valence-corrected chi connectivity index (χ4v) is 3.80. The van der Waals surface area contributed by atoms with E-state index in [1.807, 2.05) is 0 Å². The molecule has 3 atom stereocenters. The molecule has 1 aliphatic heterocycles. The van der Waals surface area contributed by atoms with Crippen LogP contribution in [0.2, 0.25) is 0 Å². The number of aromatic hydroxyl groups is 4. The van der Waals surface area contributed by atoms with E-state index in [4.69, 9.17) is 9.47 Å². The molecule has 2 aliphatic rings. The van der Waals surface area contributed by atoms with E-state index in [2.05, 4.69) is 0 Å². The second kappa shape index (κ2) is 9.79. The Morgan fingerprint density at radius 1 is 1.00 bits per heavy atom. The van der Waals surface area contributed by atoms with Gasteiger partial charge in [0.15, 0.2) is 29.1 Å². The van der Waals surface area contributed by atoms with Gasteiger partial charge >= 0.3 is 11.9 Å². The van der Waals surface area contributed by atoms with E-state index < -0.39 is 35.8 Å². The number of carboxylic acids is 1. The SMILES string of the molecule is O=C(/C=C/C1=CC2C=Cc3cc(O)c(O)cc3OC2C(O)=C1)OC(Cc1ccc(O)c(O)c1)C(=O)O. The molecular weight excluding hydrogens is 472 g/mol. The van der Waals surface area contributed by atoms with Crippen molar-refractivity contribution < 1.29 is 49.7 Å². The molecule has 186 valence electrons. The first-order chi connectivity index (χ1) is 17.1. The number of rotatable bonds is 6. The van der Waals surface area contributed by atoms with E-state index in [1.165, 1.54) is 42.5 Å². The maximum absolute atomic E-state index is 12.3. The topological polar surface area (TPSA) is 174 Å². The van der Waals surface area contributed by atoms with Crippen LogP contribution < -0.4 is 4.74 Å². The molecule has 10 heteroatoms. The van der Waals surface area contributed by atoms with Crippen LogP contribution in [0.25, 0.3) is 6.08 Å². The Labute approximate surface area is 204 Å². The lowest BCUT2D eigenvalue weighted by atomic mass is 9.91. The fourth-order valence-electron chi connectivity index (χ4n) is 3.80. The fraction of sp³-hybridized carbons (Fsp3) is 0.154. The number of carboxylic acid groups (broad SMARTS) is 1. The van der Waals surface area contributed by atoms with Crippen LogP contribution in [0.3, 0.4) is 0 Å². The van der Waals surface area contributed by atoms with Crippen LogP contribution in [0.1, 0.15) is 11.1 Å². The van der Waals surface area contributed by atoms with Gasteiger partial charge in [-0.2, -0.15) is 0 Å². The van der Waals surface area contributed by atoms with Gasteiger partial charge in [-0.1, -0.05) is 24.3 Å². The Morgan fingerprint density at radius 2 is 1.72 bits per heavy atom. The highest BCUT2D eigenvalue weighted by molar-refractivity contribution is 5.86. The van der Waals surface area contributed by atoms with Crippen molar-refractivity contribution in [3.05, 3.63) is 83.2 Å². The molecule has 2 aromatic carbocycles. The molecule has 0 amide bonds. The van der Waals surface area contributed by atoms with Crippen LogP contribution in [-0.4, -0.2) is 54.8 Å². The van der Waals surface area contributed by atoms with Gasteiger partial charge in [0.1, 0.15) is 11.5 Å². The van der Waals surface area contributed by atoms with Crippen molar-refractivity contribution in [2.24, 2.45) is 5.92 Å². The maximum atomic E-state index is 12.3. The molecule has 0 radical (unpaired) electrons. The minimum atomic E-state index is -1.54. The summed E-state index contributed by atoms with van der Waals surface area (Å²) in [6.45, 7) is 0. The summed E-state index contributed by atoms with van der Waals surface area (Å²) in [5.74, 6) is -4.11. The molecule has 4 rings (SSSR count). The molecule has 0 bridgehead atoms. The summed E-state index contributed by atoms with van der Waals surface area (Å²) >= 11 is 0. The van der Waals surface area contributed by atoms with Crippen molar-refractivity contribution in [2.75, 3.05) is 0 Å². The Bertz CT molecular complexity index is 1330. The Morgan fingerprint density at radius 3 is 2.44 bits per heavy atom. The van der Waals surface area contributed by atoms with Gasteiger partial charge in [-0.3, -0.25) is 0 Å². The van der Waals surface area contributed by atoms with Crippen LogP contribution in [0, 0.1) is 5.92 Å². The van der Waals surface area contributed by atoms with E-state index in [0.29, 0.717) is 16.7 Å². The van der Waals surface area contributed by atoms with Gasteiger partial charge in [-0.25, -0.2) is 9.59 Å². The van der Waals surface area contributed by atoms with Gasteiger partial charge in [0, 0.05) is 30.0 Å². The van der Waals surface area contributed by atoms with Gasteiger partial charge in [-0.15, -0.1) is 0 Å². The zero-order valence-corrected chi connectivity index (χ0v) is 18.6. The number of allylic oxidation sites excluding steroid dienone is 3. The van der Waals surface area contributed by atoms with Crippen LogP contribution in [0.15, 0.2) is 72.0 Å². The van der Waals surface area contributed by atoms with E-state index in [1.54, 1.807) is 18.2 Å². The number of hydrogen-bond acceptors (Lipinski definition) is 9. The third-order valence-electron chi connectivity index (χ3n) is 5.61. The summed E-state index contributed by atoms with van der Waals surface area (Å²) in [6.07, 6.45) is 6.29. The number of carbonyl (C=O) groups is 2. The summed E-state index contributed by atoms with van der Waals surface area (Å²) in [6, 6.07) is 6.35. The Hall–Kier alpha value is -4.86. The summed E-state index contributed by atoms with van der Waals surface area (Å²) in [5.41, 5.74) is 1.28. The molecule has 1 aliphatic carbocycles. The van der Waals surface area contributed by atoms with Crippen molar-refractivity contribution in [3.63, 3.8) is 0 Å². The second-order valence-corrected chi connectivity index (χ2v) is 8.21. The molecule has 0 saturated carbocycles. The summed E-state index contributed by atoms with van der Waals surface area (Å²) in [7, 11) is 0. The average Bonchev–Trinajstić information content (AvgIpc) is 2.99. The number of fused-ring (bicyclic) bond motifs is 2. The lowest BCUT2D eigenvalue weighted by Crippen LogP contribution is -2.29. The van der Waals surface area contributed by atoms with Gasteiger partial charge < -0.3 is 40.1 Å². The van der Waals surface area contributed by atoms with Gasteiger partial charge in [-0.05, 0) is 41.5 Å². The maximum Gasteiger partial charge on any atom is 0.345 e. The highest BCUT2D eigenvalue weighted by atomic mass is 16.6.